The highest BCUT2D eigenvalue weighted by atomic mass is 79.9. The van der Waals surface area contributed by atoms with Crippen LogP contribution in [0.3, 0.4) is 0 Å². The van der Waals surface area contributed by atoms with Crippen molar-refractivity contribution in [2.45, 2.75) is 6.54 Å². The van der Waals surface area contributed by atoms with Gasteiger partial charge in [-0.15, -0.1) is 0 Å². The third kappa shape index (κ3) is 2.49. The number of fused-ring (bicyclic) bond motifs is 1. The van der Waals surface area contributed by atoms with Crippen molar-refractivity contribution >= 4 is 27.0 Å². The van der Waals surface area contributed by atoms with Crippen molar-refractivity contribution in [3.05, 3.63) is 99.4 Å². The van der Waals surface area contributed by atoms with Crippen molar-refractivity contribution < 1.29 is 0 Å². The first-order valence-electron chi connectivity index (χ1n) is 7.75. The number of benzene rings is 3. The number of para-hydroxylation sites is 3. The van der Waals surface area contributed by atoms with Crippen molar-refractivity contribution in [2.24, 2.45) is 0 Å². The minimum Gasteiger partial charge on any atom is -0.287 e. The fourth-order valence-electron chi connectivity index (χ4n) is 2.98. The molecule has 4 aromatic rings. The van der Waals surface area contributed by atoms with Gasteiger partial charge in [0.05, 0.1) is 23.3 Å². The number of rotatable bonds is 3. The number of aromatic nitrogens is 2. The zero-order chi connectivity index (χ0) is 16.5. The maximum Gasteiger partial charge on any atom is 0.334 e. The zero-order valence-electron chi connectivity index (χ0n) is 12.9. The second-order valence-electron chi connectivity index (χ2n) is 5.62. The third-order valence-electron chi connectivity index (χ3n) is 4.14. The Bertz CT molecular complexity index is 1060. The summed E-state index contributed by atoms with van der Waals surface area (Å²) in [7, 11) is 0. The first-order valence-corrected chi connectivity index (χ1v) is 8.54. The van der Waals surface area contributed by atoms with Crippen LogP contribution in [0.2, 0.25) is 0 Å². The zero-order valence-corrected chi connectivity index (χ0v) is 14.5. The van der Waals surface area contributed by atoms with Crippen molar-refractivity contribution in [3.63, 3.8) is 0 Å². The standard InChI is InChI=1S/C20H15BrN2O/c21-17-11-5-4-8-15(17)14-22-18-12-6-7-13-19(18)23(20(22)24)16-9-2-1-3-10-16/h1-13H,14H2. The van der Waals surface area contributed by atoms with Crippen LogP contribution in [0.5, 0.6) is 0 Å². The van der Waals surface area contributed by atoms with E-state index >= 15 is 0 Å². The van der Waals surface area contributed by atoms with Crippen molar-refractivity contribution in [2.75, 3.05) is 0 Å². The molecule has 4 rings (SSSR count). The van der Waals surface area contributed by atoms with Crippen LogP contribution in [0.25, 0.3) is 16.7 Å². The van der Waals surface area contributed by atoms with Gasteiger partial charge in [0.25, 0.3) is 0 Å². The molecule has 0 aliphatic heterocycles. The van der Waals surface area contributed by atoms with E-state index in [-0.39, 0.29) is 5.69 Å². The molecule has 0 aliphatic carbocycles. The molecule has 0 bridgehead atoms. The molecule has 0 fully saturated rings. The first-order chi connectivity index (χ1) is 11.8. The summed E-state index contributed by atoms with van der Waals surface area (Å²) in [4.78, 5) is 13.1. The molecule has 0 unspecified atom stereocenters. The van der Waals surface area contributed by atoms with Crippen LogP contribution in [-0.4, -0.2) is 9.13 Å². The molecule has 4 heteroatoms. The normalized spacial score (nSPS) is 11.0. The van der Waals surface area contributed by atoms with Gasteiger partial charge < -0.3 is 0 Å². The molecule has 1 aromatic heterocycles. The van der Waals surface area contributed by atoms with Gasteiger partial charge in [0, 0.05) is 4.47 Å². The van der Waals surface area contributed by atoms with Crippen molar-refractivity contribution in [1.29, 1.82) is 0 Å². The van der Waals surface area contributed by atoms with Crippen LogP contribution in [0.1, 0.15) is 5.56 Å². The summed E-state index contributed by atoms with van der Waals surface area (Å²) in [5, 5.41) is 0. The molecule has 0 saturated heterocycles. The van der Waals surface area contributed by atoms with Crippen LogP contribution in [0, 0.1) is 0 Å². The maximum absolute atomic E-state index is 13.1. The van der Waals surface area contributed by atoms with Gasteiger partial charge in [0.1, 0.15) is 0 Å². The number of halogens is 1. The molecule has 0 spiro atoms. The lowest BCUT2D eigenvalue weighted by Gasteiger charge is -2.06. The molecule has 3 aromatic carbocycles. The number of hydrogen-bond donors (Lipinski definition) is 0. The Labute approximate surface area is 147 Å². The SMILES string of the molecule is O=c1n(Cc2ccccc2Br)c2ccccc2n1-c1ccccc1. The van der Waals surface area contributed by atoms with Gasteiger partial charge in [-0.25, -0.2) is 4.79 Å². The van der Waals surface area contributed by atoms with Gasteiger partial charge in [-0.2, -0.15) is 0 Å². The second-order valence-corrected chi connectivity index (χ2v) is 6.47. The fraction of sp³-hybridized carbons (Fsp3) is 0.0500. The lowest BCUT2D eigenvalue weighted by atomic mass is 10.2. The van der Waals surface area contributed by atoms with E-state index in [2.05, 4.69) is 15.9 Å². The van der Waals surface area contributed by atoms with Crippen LogP contribution in [-0.2, 0) is 6.54 Å². The van der Waals surface area contributed by atoms with Gasteiger partial charge in [0.2, 0.25) is 0 Å². The summed E-state index contributed by atoms with van der Waals surface area (Å²) in [6.07, 6.45) is 0. The van der Waals surface area contributed by atoms with E-state index in [4.69, 9.17) is 0 Å². The van der Waals surface area contributed by atoms with E-state index in [0.29, 0.717) is 6.54 Å². The van der Waals surface area contributed by atoms with Gasteiger partial charge in [-0.1, -0.05) is 64.5 Å². The van der Waals surface area contributed by atoms with Crippen molar-refractivity contribution in [1.82, 2.24) is 9.13 Å². The second kappa shape index (κ2) is 6.13. The summed E-state index contributed by atoms with van der Waals surface area (Å²) < 4.78 is 4.60. The lowest BCUT2D eigenvalue weighted by molar-refractivity contribution is 0.761. The molecule has 0 radical (unpaired) electrons. The van der Waals surface area contributed by atoms with Crippen LogP contribution in [0.15, 0.2) is 88.1 Å². The largest absolute Gasteiger partial charge is 0.334 e. The minimum absolute atomic E-state index is 0.0295. The summed E-state index contributed by atoms with van der Waals surface area (Å²) in [5.41, 5.74) is 3.78. The molecule has 0 saturated carbocycles. The first kappa shape index (κ1) is 15.0. The van der Waals surface area contributed by atoms with E-state index in [1.54, 1.807) is 4.57 Å². The molecule has 1 heterocycles. The molecule has 3 nitrogen and oxygen atoms in total. The van der Waals surface area contributed by atoms with E-state index < -0.39 is 0 Å². The molecule has 0 aliphatic rings. The molecule has 24 heavy (non-hydrogen) atoms. The summed E-state index contributed by atoms with van der Waals surface area (Å²) >= 11 is 3.57. The third-order valence-corrected chi connectivity index (χ3v) is 4.91. The number of nitrogens with zero attached hydrogens (tertiary/aromatic N) is 2. The highest BCUT2D eigenvalue weighted by Gasteiger charge is 2.14. The quantitative estimate of drug-likeness (QED) is 0.511. The van der Waals surface area contributed by atoms with Gasteiger partial charge in [-0.3, -0.25) is 9.13 Å². The van der Waals surface area contributed by atoms with E-state index in [1.807, 2.05) is 83.4 Å². The molecule has 0 atom stereocenters. The Morgan fingerprint density at radius 1 is 0.750 bits per heavy atom. The molecule has 0 amide bonds. The van der Waals surface area contributed by atoms with E-state index in [9.17, 15) is 4.79 Å². The number of imidazole rings is 1. The van der Waals surface area contributed by atoms with Gasteiger partial charge >= 0.3 is 5.69 Å². The van der Waals surface area contributed by atoms with Crippen LogP contribution in [0.4, 0.5) is 0 Å². The minimum atomic E-state index is -0.0295. The number of hydrogen-bond acceptors (Lipinski definition) is 1. The monoisotopic (exact) mass is 378 g/mol. The van der Waals surface area contributed by atoms with Crippen LogP contribution < -0.4 is 5.69 Å². The highest BCUT2D eigenvalue weighted by molar-refractivity contribution is 9.10. The van der Waals surface area contributed by atoms with Gasteiger partial charge in [0.15, 0.2) is 0 Å². The Hall–Kier alpha value is -2.59. The average molecular weight is 379 g/mol. The molecule has 0 N–H and O–H groups in total. The topological polar surface area (TPSA) is 26.9 Å². The van der Waals surface area contributed by atoms with E-state index in [0.717, 1.165) is 26.8 Å². The van der Waals surface area contributed by atoms with Crippen molar-refractivity contribution in [3.8, 4) is 5.69 Å². The predicted octanol–water partition coefficient (Wildman–Crippen LogP) is 4.60. The Morgan fingerprint density at radius 2 is 1.38 bits per heavy atom. The average Bonchev–Trinajstić information content (AvgIpc) is 2.90. The predicted molar refractivity (Wildman–Crippen MR) is 101 cm³/mol. The van der Waals surface area contributed by atoms with E-state index in [1.165, 1.54) is 0 Å². The Balaban J connectivity index is 1.96. The molecular formula is C20H15BrN2O. The summed E-state index contributed by atoms with van der Waals surface area (Å²) in [6.45, 7) is 0.528. The lowest BCUT2D eigenvalue weighted by Crippen LogP contribution is -2.23. The van der Waals surface area contributed by atoms with Crippen LogP contribution >= 0.6 is 15.9 Å². The summed E-state index contributed by atoms with van der Waals surface area (Å²) in [6, 6.07) is 25.7. The highest BCUT2D eigenvalue weighted by Crippen LogP contribution is 2.21. The summed E-state index contributed by atoms with van der Waals surface area (Å²) in [5.74, 6) is 0. The molecular weight excluding hydrogens is 364 g/mol. The Kier molecular flexibility index (Phi) is 3.82. The maximum atomic E-state index is 13.1. The van der Waals surface area contributed by atoms with Gasteiger partial charge in [-0.05, 0) is 35.9 Å². The molecule has 118 valence electrons. The fourth-order valence-corrected chi connectivity index (χ4v) is 3.39. The smallest absolute Gasteiger partial charge is 0.287 e. The Morgan fingerprint density at radius 3 is 2.12 bits per heavy atom.